The number of hydrogen-bond acceptors (Lipinski definition) is 2. The molecule has 0 aliphatic heterocycles. The highest BCUT2D eigenvalue weighted by molar-refractivity contribution is 6.29. The smallest absolute Gasteiger partial charge is 0.191 e. The fourth-order valence-corrected chi connectivity index (χ4v) is 3.27. The first kappa shape index (κ1) is 19.2. The van der Waals surface area contributed by atoms with Crippen molar-refractivity contribution in [2.75, 3.05) is 19.6 Å². The maximum Gasteiger partial charge on any atom is 0.191 e. The number of nitrogens with one attached hydrogen (secondary N) is 3. The van der Waals surface area contributed by atoms with Crippen LogP contribution in [0.25, 0.3) is 10.9 Å². The summed E-state index contributed by atoms with van der Waals surface area (Å²) in [6, 6.07) is 12.2. The monoisotopic (exact) mass is 383 g/mol. The number of nitrogens with zero attached hydrogens (tertiary/aromatic N) is 2. The van der Waals surface area contributed by atoms with Gasteiger partial charge in [0.1, 0.15) is 5.15 Å². The second-order valence-corrected chi connectivity index (χ2v) is 6.84. The van der Waals surface area contributed by atoms with Crippen molar-refractivity contribution in [2.45, 2.75) is 26.7 Å². The second kappa shape index (κ2) is 9.42. The number of benzene rings is 1. The van der Waals surface area contributed by atoms with Gasteiger partial charge in [-0.15, -0.1) is 0 Å². The van der Waals surface area contributed by atoms with Crippen LogP contribution in [0.4, 0.5) is 0 Å². The molecule has 3 N–H and O–H groups in total. The van der Waals surface area contributed by atoms with Crippen LogP contribution in [-0.2, 0) is 12.8 Å². The van der Waals surface area contributed by atoms with E-state index in [1.807, 2.05) is 18.3 Å². The summed E-state index contributed by atoms with van der Waals surface area (Å²) >= 11 is 5.83. The maximum absolute atomic E-state index is 5.83. The van der Waals surface area contributed by atoms with Gasteiger partial charge in [0.2, 0.25) is 0 Å². The number of guanidine groups is 1. The molecule has 2 heterocycles. The average molecular weight is 384 g/mol. The molecule has 0 saturated heterocycles. The predicted octanol–water partition coefficient (Wildman–Crippen LogP) is 3.87. The minimum Gasteiger partial charge on any atom is -0.358 e. The Morgan fingerprint density at radius 1 is 1.15 bits per heavy atom. The highest BCUT2D eigenvalue weighted by Crippen LogP contribution is 2.22. The van der Waals surface area contributed by atoms with Crippen LogP contribution in [0.1, 0.15) is 23.7 Å². The fourth-order valence-electron chi connectivity index (χ4n) is 3.16. The van der Waals surface area contributed by atoms with Crippen molar-refractivity contribution < 1.29 is 0 Å². The summed E-state index contributed by atoms with van der Waals surface area (Å²) in [4.78, 5) is 12.3. The van der Waals surface area contributed by atoms with Crippen LogP contribution in [-0.4, -0.2) is 35.6 Å². The molecule has 142 valence electrons. The molecule has 2 aromatic heterocycles. The zero-order valence-electron chi connectivity index (χ0n) is 15.8. The quantitative estimate of drug-likeness (QED) is 0.329. The van der Waals surface area contributed by atoms with E-state index in [-0.39, 0.29) is 0 Å². The summed E-state index contributed by atoms with van der Waals surface area (Å²) in [6.45, 7) is 6.56. The number of aryl methyl sites for hydroxylation is 1. The van der Waals surface area contributed by atoms with Crippen LogP contribution in [0, 0.1) is 6.92 Å². The normalized spacial score (nSPS) is 11.7. The number of hydrogen-bond donors (Lipinski definition) is 3. The summed E-state index contributed by atoms with van der Waals surface area (Å²) in [7, 11) is 0. The SMILES string of the molecule is CCNC(=NCCc1c(C)[nH]c2ccccc12)NCCc1ccc(Cl)nc1. The molecular formula is C21H26ClN5. The predicted molar refractivity (Wildman–Crippen MR) is 114 cm³/mol. The third kappa shape index (κ3) is 5.23. The van der Waals surface area contributed by atoms with Gasteiger partial charge in [-0.25, -0.2) is 4.98 Å². The van der Waals surface area contributed by atoms with E-state index in [1.165, 1.54) is 22.2 Å². The van der Waals surface area contributed by atoms with Crippen LogP contribution in [0.15, 0.2) is 47.6 Å². The molecule has 3 rings (SSSR count). The lowest BCUT2D eigenvalue weighted by Crippen LogP contribution is -2.38. The average Bonchev–Trinajstić information content (AvgIpc) is 2.99. The molecular weight excluding hydrogens is 358 g/mol. The molecule has 0 aliphatic carbocycles. The van der Waals surface area contributed by atoms with E-state index >= 15 is 0 Å². The molecule has 5 nitrogen and oxygen atoms in total. The van der Waals surface area contributed by atoms with Crippen molar-refractivity contribution in [1.29, 1.82) is 0 Å². The van der Waals surface area contributed by atoms with Crippen molar-refractivity contribution in [1.82, 2.24) is 20.6 Å². The summed E-state index contributed by atoms with van der Waals surface area (Å²) in [5.74, 6) is 0.844. The molecule has 0 unspecified atom stereocenters. The summed E-state index contributed by atoms with van der Waals surface area (Å²) in [5.41, 5.74) is 4.91. The number of aromatic amines is 1. The number of aliphatic imine (C=N–C) groups is 1. The zero-order chi connectivity index (χ0) is 19.1. The highest BCUT2D eigenvalue weighted by Gasteiger charge is 2.07. The Balaban J connectivity index is 1.56. The number of halogens is 1. The van der Waals surface area contributed by atoms with Crippen molar-refractivity contribution in [3.8, 4) is 0 Å². The Labute approximate surface area is 165 Å². The van der Waals surface area contributed by atoms with Gasteiger partial charge in [-0.3, -0.25) is 4.99 Å². The first-order chi connectivity index (χ1) is 13.2. The van der Waals surface area contributed by atoms with Crippen molar-refractivity contribution >= 4 is 28.5 Å². The lowest BCUT2D eigenvalue weighted by Gasteiger charge is -2.11. The van der Waals surface area contributed by atoms with Crippen LogP contribution >= 0.6 is 11.6 Å². The third-order valence-electron chi connectivity index (χ3n) is 4.50. The molecule has 0 fully saturated rings. The number of pyridine rings is 1. The molecule has 0 bridgehead atoms. The number of H-pyrrole nitrogens is 1. The molecule has 1 aromatic carbocycles. The molecule has 0 saturated carbocycles. The molecule has 0 amide bonds. The first-order valence-corrected chi connectivity index (χ1v) is 9.74. The Morgan fingerprint density at radius 3 is 2.78 bits per heavy atom. The summed E-state index contributed by atoms with van der Waals surface area (Å²) < 4.78 is 0. The van der Waals surface area contributed by atoms with Gasteiger partial charge in [0.05, 0.1) is 0 Å². The molecule has 0 spiro atoms. The summed E-state index contributed by atoms with van der Waals surface area (Å²) in [6.07, 6.45) is 3.59. The second-order valence-electron chi connectivity index (χ2n) is 6.45. The zero-order valence-corrected chi connectivity index (χ0v) is 16.6. The molecule has 27 heavy (non-hydrogen) atoms. The number of rotatable bonds is 7. The van der Waals surface area contributed by atoms with Crippen LogP contribution in [0.5, 0.6) is 0 Å². The Morgan fingerprint density at radius 2 is 2.00 bits per heavy atom. The number of para-hydroxylation sites is 1. The highest BCUT2D eigenvalue weighted by atomic mass is 35.5. The molecule has 6 heteroatoms. The van der Waals surface area contributed by atoms with E-state index < -0.39 is 0 Å². The third-order valence-corrected chi connectivity index (χ3v) is 4.72. The van der Waals surface area contributed by atoms with Gasteiger partial charge >= 0.3 is 0 Å². The van der Waals surface area contributed by atoms with E-state index in [2.05, 4.69) is 58.7 Å². The first-order valence-electron chi connectivity index (χ1n) is 9.36. The fraction of sp³-hybridized carbons (Fsp3) is 0.333. The Hall–Kier alpha value is -2.53. The van der Waals surface area contributed by atoms with Crippen LogP contribution < -0.4 is 10.6 Å². The van der Waals surface area contributed by atoms with E-state index in [0.717, 1.165) is 44.0 Å². The lowest BCUT2D eigenvalue weighted by atomic mass is 10.1. The minimum absolute atomic E-state index is 0.522. The topological polar surface area (TPSA) is 65.1 Å². The standard InChI is InChI=1S/C21H26ClN5/c1-3-23-21(24-12-10-16-8-9-20(22)26-14-16)25-13-11-17-15(2)27-19-7-5-4-6-18(17)19/h4-9,14,27H,3,10-13H2,1-2H3,(H2,23,24,25). The lowest BCUT2D eigenvalue weighted by molar-refractivity contribution is 0.795. The van der Waals surface area contributed by atoms with Crippen molar-refractivity contribution in [3.05, 3.63) is 64.6 Å². The van der Waals surface area contributed by atoms with E-state index in [1.54, 1.807) is 0 Å². The molecule has 0 radical (unpaired) electrons. The largest absolute Gasteiger partial charge is 0.358 e. The van der Waals surface area contributed by atoms with E-state index in [4.69, 9.17) is 16.6 Å². The van der Waals surface area contributed by atoms with Gasteiger partial charge in [0.15, 0.2) is 5.96 Å². The van der Waals surface area contributed by atoms with Crippen LogP contribution in [0.2, 0.25) is 5.15 Å². The van der Waals surface area contributed by atoms with Crippen molar-refractivity contribution in [3.63, 3.8) is 0 Å². The Kier molecular flexibility index (Phi) is 6.71. The molecule has 0 aliphatic rings. The van der Waals surface area contributed by atoms with Gasteiger partial charge in [-0.2, -0.15) is 0 Å². The van der Waals surface area contributed by atoms with E-state index in [0.29, 0.717) is 5.15 Å². The number of aromatic nitrogens is 2. The summed E-state index contributed by atoms with van der Waals surface area (Å²) in [5, 5.41) is 8.50. The molecule has 0 atom stereocenters. The van der Waals surface area contributed by atoms with E-state index in [9.17, 15) is 0 Å². The Bertz CT molecular complexity index is 899. The van der Waals surface area contributed by atoms with Gasteiger partial charge < -0.3 is 15.6 Å². The maximum atomic E-state index is 5.83. The number of fused-ring (bicyclic) bond motifs is 1. The van der Waals surface area contributed by atoms with Crippen molar-refractivity contribution in [2.24, 2.45) is 4.99 Å². The van der Waals surface area contributed by atoms with Gasteiger partial charge in [-0.05, 0) is 49.9 Å². The van der Waals surface area contributed by atoms with Crippen LogP contribution in [0.3, 0.4) is 0 Å². The van der Waals surface area contributed by atoms with Gasteiger partial charge in [0.25, 0.3) is 0 Å². The van der Waals surface area contributed by atoms with Gasteiger partial charge in [-0.1, -0.05) is 35.9 Å². The van der Waals surface area contributed by atoms with Gasteiger partial charge in [0, 0.05) is 42.4 Å². The molecule has 3 aromatic rings. The minimum atomic E-state index is 0.522.